The molecule has 2 heterocycles. The van der Waals surface area contributed by atoms with E-state index in [9.17, 15) is 0 Å². The maximum atomic E-state index is 5.61. The second-order valence-corrected chi connectivity index (χ2v) is 4.64. The fraction of sp³-hybridized carbons (Fsp3) is 0.143. The van der Waals surface area contributed by atoms with Crippen molar-refractivity contribution in [2.75, 3.05) is 5.73 Å². The zero-order valence-electron chi connectivity index (χ0n) is 5.55. The van der Waals surface area contributed by atoms with Gasteiger partial charge in [0.15, 0.2) is 0 Å². The normalized spacial score (nSPS) is 10.9. The van der Waals surface area contributed by atoms with Gasteiger partial charge in [0.25, 0.3) is 0 Å². The van der Waals surface area contributed by atoms with Crippen molar-refractivity contribution in [3.8, 4) is 0 Å². The Hall–Kier alpha value is -0.540. The molecule has 0 aliphatic carbocycles. The highest BCUT2D eigenvalue weighted by Crippen LogP contribution is 2.33. The van der Waals surface area contributed by atoms with Crippen LogP contribution in [-0.4, -0.2) is 0 Å². The number of hydrogen-bond acceptors (Lipinski definition) is 3. The lowest BCUT2D eigenvalue weighted by atomic mass is 10.5. The van der Waals surface area contributed by atoms with Gasteiger partial charge in [-0.1, -0.05) is 0 Å². The summed E-state index contributed by atoms with van der Waals surface area (Å²) in [5.74, 6) is 0. The van der Waals surface area contributed by atoms with Gasteiger partial charge in [0.05, 0.1) is 5.00 Å². The van der Waals surface area contributed by atoms with Gasteiger partial charge in [0.2, 0.25) is 0 Å². The molecule has 0 bridgehead atoms. The van der Waals surface area contributed by atoms with Crippen molar-refractivity contribution in [2.45, 2.75) is 6.92 Å². The first-order valence-electron chi connectivity index (χ1n) is 3.01. The second-order valence-electron chi connectivity index (χ2n) is 2.23. The van der Waals surface area contributed by atoms with E-state index in [2.05, 4.69) is 13.0 Å². The predicted molar refractivity (Wildman–Crippen MR) is 48.9 cm³/mol. The lowest BCUT2D eigenvalue weighted by molar-refractivity contribution is 1.66. The second kappa shape index (κ2) is 1.97. The van der Waals surface area contributed by atoms with Crippen molar-refractivity contribution in [3.63, 3.8) is 0 Å². The van der Waals surface area contributed by atoms with E-state index in [-0.39, 0.29) is 0 Å². The number of anilines is 1. The summed E-state index contributed by atoms with van der Waals surface area (Å²) in [4.78, 5) is 1.36. The van der Waals surface area contributed by atoms with Crippen molar-refractivity contribution < 1.29 is 0 Å². The number of nitrogens with two attached hydrogens (primary N) is 1. The summed E-state index contributed by atoms with van der Waals surface area (Å²) in [6, 6.07) is 4.22. The molecular formula is C7H7NS2. The lowest BCUT2D eigenvalue weighted by Gasteiger charge is -1.75. The lowest BCUT2D eigenvalue weighted by Crippen LogP contribution is -1.72. The third kappa shape index (κ3) is 0.822. The van der Waals surface area contributed by atoms with E-state index in [1.807, 2.05) is 6.07 Å². The van der Waals surface area contributed by atoms with Crippen LogP contribution in [0.4, 0.5) is 5.00 Å². The van der Waals surface area contributed by atoms with Crippen molar-refractivity contribution in [1.29, 1.82) is 0 Å². The maximum Gasteiger partial charge on any atom is 0.0877 e. The summed E-state index contributed by atoms with van der Waals surface area (Å²) < 4.78 is 2.64. The van der Waals surface area contributed by atoms with Gasteiger partial charge in [0.1, 0.15) is 0 Å². The molecule has 0 saturated heterocycles. The number of aryl methyl sites for hydroxylation is 1. The van der Waals surface area contributed by atoms with Gasteiger partial charge in [-0.3, -0.25) is 0 Å². The number of rotatable bonds is 0. The summed E-state index contributed by atoms with van der Waals surface area (Å²) in [6.45, 7) is 2.12. The molecule has 2 aromatic heterocycles. The molecule has 0 aliphatic rings. The van der Waals surface area contributed by atoms with Gasteiger partial charge in [-0.15, -0.1) is 22.7 Å². The van der Waals surface area contributed by atoms with Crippen molar-refractivity contribution >= 4 is 37.1 Å². The largest absolute Gasteiger partial charge is 0.391 e. The highest BCUT2D eigenvalue weighted by atomic mass is 32.1. The fourth-order valence-corrected chi connectivity index (χ4v) is 3.07. The van der Waals surface area contributed by atoms with Crippen LogP contribution < -0.4 is 5.73 Å². The van der Waals surface area contributed by atoms with Gasteiger partial charge in [-0.25, -0.2) is 0 Å². The Morgan fingerprint density at radius 1 is 1.20 bits per heavy atom. The molecule has 0 aliphatic heterocycles. The molecular weight excluding hydrogens is 162 g/mol. The molecule has 1 nitrogen and oxygen atoms in total. The van der Waals surface area contributed by atoms with E-state index in [1.165, 1.54) is 14.3 Å². The average Bonchev–Trinajstić information content (AvgIpc) is 2.21. The van der Waals surface area contributed by atoms with E-state index in [0.29, 0.717) is 0 Å². The van der Waals surface area contributed by atoms with Crippen LogP contribution in [0.1, 0.15) is 4.88 Å². The first-order chi connectivity index (χ1) is 4.75. The Balaban J connectivity index is 2.83. The van der Waals surface area contributed by atoms with Crippen LogP contribution in [0.25, 0.3) is 9.40 Å². The van der Waals surface area contributed by atoms with E-state index in [4.69, 9.17) is 5.73 Å². The summed E-state index contributed by atoms with van der Waals surface area (Å²) in [7, 11) is 0. The van der Waals surface area contributed by atoms with Gasteiger partial charge >= 0.3 is 0 Å². The predicted octanol–water partition coefficient (Wildman–Crippen LogP) is 2.85. The van der Waals surface area contributed by atoms with Crippen LogP contribution in [-0.2, 0) is 0 Å². The van der Waals surface area contributed by atoms with Crippen LogP contribution in [0.3, 0.4) is 0 Å². The first kappa shape index (κ1) is 6.19. The van der Waals surface area contributed by atoms with Crippen LogP contribution in [0, 0.1) is 6.92 Å². The smallest absolute Gasteiger partial charge is 0.0877 e. The minimum atomic E-state index is 0.918. The zero-order valence-corrected chi connectivity index (χ0v) is 7.18. The van der Waals surface area contributed by atoms with Crippen molar-refractivity contribution in [3.05, 3.63) is 17.0 Å². The van der Waals surface area contributed by atoms with Crippen molar-refractivity contribution in [1.82, 2.24) is 0 Å². The molecule has 0 unspecified atom stereocenters. The molecule has 0 radical (unpaired) electrons. The van der Waals surface area contributed by atoms with Gasteiger partial charge < -0.3 is 5.73 Å². The Morgan fingerprint density at radius 2 is 1.90 bits per heavy atom. The molecule has 0 saturated carbocycles. The quantitative estimate of drug-likeness (QED) is 0.644. The molecule has 0 amide bonds. The first-order valence-corrected chi connectivity index (χ1v) is 4.64. The molecule has 0 spiro atoms. The van der Waals surface area contributed by atoms with E-state index < -0.39 is 0 Å². The Morgan fingerprint density at radius 3 is 2.60 bits per heavy atom. The number of nitrogen functional groups attached to an aromatic ring is 1. The monoisotopic (exact) mass is 169 g/mol. The third-order valence-electron chi connectivity index (χ3n) is 1.35. The zero-order chi connectivity index (χ0) is 7.14. The highest BCUT2D eigenvalue weighted by molar-refractivity contribution is 7.29. The minimum Gasteiger partial charge on any atom is -0.391 e. The summed E-state index contributed by atoms with van der Waals surface area (Å²) >= 11 is 3.46. The molecule has 10 heavy (non-hydrogen) atoms. The SMILES string of the molecule is Cc1cc2sc(N)cc2s1. The topological polar surface area (TPSA) is 26.0 Å². The summed E-state index contributed by atoms with van der Waals surface area (Å²) in [6.07, 6.45) is 0. The maximum absolute atomic E-state index is 5.61. The molecule has 2 aromatic rings. The van der Waals surface area contributed by atoms with Crippen LogP contribution >= 0.6 is 22.7 Å². The van der Waals surface area contributed by atoms with Gasteiger partial charge in [-0.05, 0) is 19.1 Å². The summed E-state index contributed by atoms with van der Waals surface area (Å²) in [5.41, 5.74) is 5.61. The average molecular weight is 169 g/mol. The summed E-state index contributed by atoms with van der Waals surface area (Å²) in [5, 5.41) is 0.918. The minimum absolute atomic E-state index is 0.918. The van der Waals surface area contributed by atoms with Crippen molar-refractivity contribution in [2.24, 2.45) is 0 Å². The third-order valence-corrected chi connectivity index (χ3v) is 3.39. The van der Waals surface area contributed by atoms with E-state index >= 15 is 0 Å². The molecule has 0 atom stereocenters. The molecule has 2 N–H and O–H groups in total. The van der Waals surface area contributed by atoms with Crippen LogP contribution in [0.2, 0.25) is 0 Å². The molecule has 2 rings (SSSR count). The Kier molecular flexibility index (Phi) is 1.22. The Bertz CT molecular complexity index is 295. The number of thiophene rings is 2. The van der Waals surface area contributed by atoms with E-state index in [0.717, 1.165) is 5.00 Å². The van der Waals surface area contributed by atoms with Crippen LogP contribution in [0.15, 0.2) is 12.1 Å². The number of hydrogen-bond donors (Lipinski definition) is 1. The van der Waals surface area contributed by atoms with E-state index in [1.54, 1.807) is 22.7 Å². The molecule has 3 heteroatoms. The Labute approximate surface area is 67.1 Å². The van der Waals surface area contributed by atoms with Gasteiger partial charge in [0, 0.05) is 14.3 Å². The molecule has 52 valence electrons. The number of fused-ring (bicyclic) bond motifs is 1. The standard InChI is InChI=1S/C7H7NS2/c1-4-2-5-6(9-4)3-7(8)10-5/h2-3H,8H2,1H3. The molecule has 0 fully saturated rings. The molecule has 0 aromatic carbocycles. The fourth-order valence-electron chi connectivity index (χ4n) is 0.975. The van der Waals surface area contributed by atoms with Gasteiger partial charge in [-0.2, -0.15) is 0 Å². The highest BCUT2D eigenvalue weighted by Gasteiger charge is 2.00. The van der Waals surface area contributed by atoms with Crippen LogP contribution in [0.5, 0.6) is 0 Å².